The van der Waals surface area contributed by atoms with E-state index >= 15 is 0 Å². The molecule has 4 rings (SSSR count). The molecule has 0 aromatic heterocycles. The standard InChI is InChI=1S/C23H22N2O3/c1-28-20-13-7-11-18(21(20)26)22-24-19-12-6-5-10-17(19)23(27)25(22)15-14-16-8-3-2-4-9-16/h2-13,22,24,26H,14-15H2,1H3. The van der Waals surface area contributed by atoms with Gasteiger partial charge < -0.3 is 20.1 Å². The van der Waals surface area contributed by atoms with Crippen LogP contribution in [0.15, 0.2) is 72.8 Å². The summed E-state index contributed by atoms with van der Waals surface area (Å²) in [7, 11) is 1.51. The molecule has 0 spiro atoms. The normalized spacial score (nSPS) is 15.7. The van der Waals surface area contributed by atoms with Crippen molar-refractivity contribution in [2.24, 2.45) is 0 Å². The summed E-state index contributed by atoms with van der Waals surface area (Å²) in [6, 6.07) is 22.8. The van der Waals surface area contributed by atoms with Gasteiger partial charge in [-0.15, -0.1) is 0 Å². The number of rotatable bonds is 5. The van der Waals surface area contributed by atoms with Crippen molar-refractivity contribution in [1.29, 1.82) is 0 Å². The molecule has 3 aromatic carbocycles. The molecule has 0 bridgehead atoms. The molecule has 5 heteroatoms. The first-order valence-electron chi connectivity index (χ1n) is 9.25. The second-order valence-corrected chi connectivity index (χ2v) is 6.72. The lowest BCUT2D eigenvalue weighted by Crippen LogP contribution is -2.44. The third-order valence-electron chi connectivity index (χ3n) is 5.05. The summed E-state index contributed by atoms with van der Waals surface area (Å²) in [5.74, 6) is 0.366. The van der Waals surface area contributed by atoms with Crippen molar-refractivity contribution < 1.29 is 14.6 Å². The maximum atomic E-state index is 13.3. The largest absolute Gasteiger partial charge is 0.504 e. The summed E-state index contributed by atoms with van der Waals surface area (Å²) in [5.41, 5.74) is 3.16. The number of hydrogen-bond acceptors (Lipinski definition) is 4. The molecule has 0 saturated carbocycles. The van der Waals surface area contributed by atoms with Gasteiger partial charge in [0.2, 0.25) is 0 Å². The van der Waals surface area contributed by atoms with Crippen molar-refractivity contribution in [3.8, 4) is 11.5 Å². The highest BCUT2D eigenvalue weighted by Gasteiger charge is 2.34. The summed E-state index contributed by atoms with van der Waals surface area (Å²) in [5, 5.41) is 14.1. The molecule has 1 aliphatic heterocycles. The van der Waals surface area contributed by atoms with Gasteiger partial charge in [-0.1, -0.05) is 54.6 Å². The van der Waals surface area contributed by atoms with Gasteiger partial charge >= 0.3 is 0 Å². The molecule has 28 heavy (non-hydrogen) atoms. The van der Waals surface area contributed by atoms with Crippen LogP contribution in [-0.2, 0) is 6.42 Å². The number of aromatic hydroxyl groups is 1. The number of fused-ring (bicyclic) bond motifs is 1. The number of methoxy groups -OCH3 is 1. The lowest BCUT2D eigenvalue weighted by molar-refractivity contribution is 0.0683. The zero-order valence-corrected chi connectivity index (χ0v) is 15.6. The van der Waals surface area contributed by atoms with Crippen molar-refractivity contribution >= 4 is 11.6 Å². The molecule has 1 heterocycles. The van der Waals surface area contributed by atoms with E-state index in [1.807, 2.05) is 66.7 Å². The Hall–Kier alpha value is -3.47. The fourth-order valence-electron chi connectivity index (χ4n) is 3.59. The van der Waals surface area contributed by atoms with Crippen LogP contribution in [0.5, 0.6) is 11.5 Å². The van der Waals surface area contributed by atoms with Gasteiger partial charge in [0.25, 0.3) is 5.91 Å². The molecular formula is C23H22N2O3. The van der Waals surface area contributed by atoms with Gasteiger partial charge in [0, 0.05) is 17.8 Å². The van der Waals surface area contributed by atoms with Crippen LogP contribution in [0.2, 0.25) is 0 Å². The summed E-state index contributed by atoms with van der Waals surface area (Å²) in [4.78, 5) is 15.0. The second-order valence-electron chi connectivity index (χ2n) is 6.72. The SMILES string of the molecule is COc1cccc(C2Nc3ccccc3C(=O)N2CCc2ccccc2)c1O. The van der Waals surface area contributed by atoms with E-state index in [0.29, 0.717) is 23.4 Å². The molecule has 0 aliphatic carbocycles. The van der Waals surface area contributed by atoms with Crippen LogP contribution in [0.1, 0.15) is 27.7 Å². The average Bonchev–Trinajstić information content (AvgIpc) is 2.74. The number of carbonyl (C=O) groups excluding carboxylic acids is 1. The molecule has 1 amide bonds. The Morgan fingerprint density at radius 2 is 1.75 bits per heavy atom. The zero-order chi connectivity index (χ0) is 19.5. The van der Waals surface area contributed by atoms with Crippen LogP contribution in [-0.4, -0.2) is 29.6 Å². The minimum Gasteiger partial charge on any atom is -0.504 e. The Kier molecular flexibility index (Phi) is 4.89. The topological polar surface area (TPSA) is 61.8 Å². The van der Waals surface area contributed by atoms with Crippen molar-refractivity contribution in [2.75, 3.05) is 19.0 Å². The molecule has 0 saturated heterocycles. The Morgan fingerprint density at radius 3 is 2.54 bits per heavy atom. The highest BCUT2D eigenvalue weighted by atomic mass is 16.5. The zero-order valence-electron chi connectivity index (χ0n) is 15.6. The molecule has 5 nitrogen and oxygen atoms in total. The number of para-hydroxylation sites is 2. The quantitative estimate of drug-likeness (QED) is 0.702. The fourth-order valence-corrected chi connectivity index (χ4v) is 3.59. The Labute approximate surface area is 164 Å². The molecule has 0 radical (unpaired) electrons. The first kappa shape index (κ1) is 17.9. The molecule has 0 fully saturated rings. The van der Waals surface area contributed by atoms with Gasteiger partial charge in [0.15, 0.2) is 11.5 Å². The minimum atomic E-state index is -0.485. The number of phenolic OH excluding ortho intramolecular Hbond substituents is 1. The van der Waals surface area contributed by atoms with Crippen molar-refractivity contribution in [1.82, 2.24) is 4.90 Å². The summed E-state index contributed by atoms with van der Waals surface area (Å²) in [6.07, 6.45) is 0.235. The van der Waals surface area contributed by atoms with Gasteiger partial charge in [0.1, 0.15) is 6.17 Å². The van der Waals surface area contributed by atoms with E-state index in [4.69, 9.17) is 4.74 Å². The maximum Gasteiger partial charge on any atom is 0.257 e. The predicted molar refractivity (Wildman–Crippen MR) is 109 cm³/mol. The molecule has 142 valence electrons. The molecule has 3 aromatic rings. The minimum absolute atomic E-state index is 0.0411. The Bertz CT molecular complexity index is 988. The fraction of sp³-hybridized carbons (Fsp3) is 0.174. The lowest BCUT2D eigenvalue weighted by Gasteiger charge is -2.38. The average molecular weight is 374 g/mol. The van der Waals surface area contributed by atoms with Gasteiger partial charge in [0.05, 0.1) is 12.7 Å². The molecule has 1 atom stereocenters. The van der Waals surface area contributed by atoms with E-state index in [1.165, 1.54) is 7.11 Å². The van der Waals surface area contributed by atoms with E-state index < -0.39 is 6.17 Å². The molecular weight excluding hydrogens is 352 g/mol. The number of phenols is 1. The highest BCUT2D eigenvalue weighted by Crippen LogP contribution is 2.40. The lowest BCUT2D eigenvalue weighted by atomic mass is 10.0. The number of amides is 1. The smallest absolute Gasteiger partial charge is 0.257 e. The number of carbonyl (C=O) groups is 1. The summed E-state index contributed by atoms with van der Waals surface area (Å²) in [6.45, 7) is 0.519. The first-order chi connectivity index (χ1) is 13.7. The van der Waals surface area contributed by atoms with Crippen LogP contribution < -0.4 is 10.1 Å². The van der Waals surface area contributed by atoms with Crippen molar-refractivity contribution in [3.63, 3.8) is 0 Å². The van der Waals surface area contributed by atoms with Gasteiger partial charge in [-0.05, 0) is 30.2 Å². The van der Waals surface area contributed by atoms with Gasteiger partial charge in [-0.2, -0.15) is 0 Å². The number of ether oxygens (including phenoxy) is 1. The monoisotopic (exact) mass is 374 g/mol. The van der Waals surface area contributed by atoms with E-state index in [2.05, 4.69) is 5.32 Å². The predicted octanol–water partition coefficient (Wildman–Crippen LogP) is 4.21. The molecule has 1 aliphatic rings. The number of nitrogens with zero attached hydrogens (tertiary/aromatic N) is 1. The maximum absolute atomic E-state index is 13.3. The van der Waals surface area contributed by atoms with E-state index in [0.717, 1.165) is 17.7 Å². The van der Waals surface area contributed by atoms with E-state index in [9.17, 15) is 9.90 Å². The van der Waals surface area contributed by atoms with Crippen molar-refractivity contribution in [3.05, 3.63) is 89.5 Å². The third kappa shape index (κ3) is 3.27. The first-order valence-corrected chi connectivity index (χ1v) is 9.25. The number of nitrogens with one attached hydrogen (secondary N) is 1. The highest BCUT2D eigenvalue weighted by molar-refractivity contribution is 6.01. The van der Waals surface area contributed by atoms with Crippen LogP contribution in [0.3, 0.4) is 0 Å². The van der Waals surface area contributed by atoms with E-state index in [-0.39, 0.29) is 11.7 Å². The Morgan fingerprint density at radius 1 is 1.00 bits per heavy atom. The van der Waals surface area contributed by atoms with Crippen LogP contribution in [0.25, 0.3) is 0 Å². The number of anilines is 1. The Balaban J connectivity index is 1.72. The van der Waals surface area contributed by atoms with Crippen LogP contribution >= 0.6 is 0 Å². The van der Waals surface area contributed by atoms with Gasteiger partial charge in [-0.3, -0.25) is 4.79 Å². The second kappa shape index (κ2) is 7.64. The third-order valence-corrected chi connectivity index (χ3v) is 5.05. The number of hydrogen-bond donors (Lipinski definition) is 2. The number of benzene rings is 3. The van der Waals surface area contributed by atoms with E-state index in [1.54, 1.807) is 11.0 Å². The van der Waals surface area contributed by atoms with Crippen molar-refractivity contribution in [2.45, 2.75) is 12.6 Å². The van der Waals surface area contributed by atoms with Crippen LogP contribution in [0.4, 0.5) is 5.69 Å². The summed E-state index contributed by atoms with van der Waals surface area (Å²) < 4.78 is 5.26. The van der Waals surface area contributed by atoms with Crippen LogP contribution in [0, 0.1) is 0 Å². The summed E-state index contributed by atoms with van der Waals surface area (Å²) >= 11 is 0. The molecule has 1 unspecified atom stereocenters. The molecule has 2 N–H and O–H groups in total. The van der Waals surface area contributed by atoms with Gasteiger partial charge in [-0.25, -0.2) is 0 Å².